The van der Waals surface area contributed by atoms with Crippen molar-refractivity contribution >= 4 is 11.6 Å². The van der Waals surface area contributed by atoms with Gasteiger partial charge in [-0.3, -0.25) is 9.69 Å². The van der Waals surface area contributed by atoms with Gasteiger partial charge in [-0.15, -0.1) is 0 Å². The molecule has 0 saturated carbocycles. The molecule has 0 aromatic heterocycles. The van der Waals surface area contributed by atoms with Crippen LogP contribution in [0, 0.1) is 0 Å². The highest BCUT2D eigenvalue weighted by Crippen LogP contribution is 2.31. The number of halogens is 3. The Morgan fingerprint density at radius 1 is 0.897 bits per heavy atom. The summed E-state index contributed by atoms with van der Waals surface area (Å²) in [6.45, 7) is 4.28. The van der Waals surface area contributed by atoms with Crippen LogP contribution in [0.2, 0.25) is 0 Å². The predicted octanol–water partition coefficient (Wildman–Crippen LogP) is 3.41. The summed E-state index contributed by atoms with van der Waals surface area (Å²) in [5.41, 5.74) is 2.48. The molecule has 2 aromatic carbocycles. The largest absolute Gasteiger partial charge is 0.416 e. The Kier molecular flexibility index (Phi) is 5.50. The van der Waals surface area contributed by atoms with Crippen molar-refractivity contribution in [2.75, 3.05) is 44.2 Å². The van der Waals surface area contributed by atoms with Gasteiger partial charge in [-0.05, 0) is 35.7 Å². The summed E-state index contributed by atoms with van der Waals surface area (Å²) in [6.07, 6.45) is -3.46. The first kappa shape index (κ1) is 19.8. The van der Waals surface area contributed by atoms with Crippen molar-refractivity contribution in [2.45, 2.75) is 19.1 Å². The molecule has 154 valence electrons. The topological polar surface area (TPSA) is 26.8 Å². The number of alkyl halides is 3. The highest BCUT2D eigenvalue weighted by atomic mass is 19.4. The van der Waals surface area contributed by atoms with Crippen molar-refractivity contribution in [1.29, 1.82) is 0 Å². The van der Waals surface area contributed by atoms with Crippen LogP contribution in [0.1, 0.15) is 16.7 Å². The van der Waals surface area contributed by atoms with E-state index in [0.29, 0.717) is 45.0 Å². The third-order valence-electron chi connectivity index (χ3n) is 5.75. The molecule has 0 unspecified atom stereocenters. The van der Waals surface area contributed by atoms with Crippen molar-refractivity contribution in [2.24, 2.45) is 0 Å². The first-order valence-corrected chi connectivity index (χ1v) is 9.89. The Balaban J connectivity index is 1.31. The van der Waals surface area contributed by atoms with E-state index >= 15 is 0 Å². The maximum absolute atomic E-state index is 12.9. The second-order valence-electron chi connectivity index (χ2n) is 7.65. The van der Waals surface area contributed by atoms with Gasteiger partial charge in [-0.1, -0.05) is 30.3 Å². The van der Waals surface area contributed by atoms with Crippen LogP contribution < -0.4 is 4.90 Å². The van der Waals surface area contributed by atoms with E-state index < -0.39 is 11.7 Å². The van der Waals surface area contributed by atoms with Crippen LogP contribution in [0.25, 0.3) is 0 Å². The summed E-state index contributed by atoms with van der Waals surface area (Å²) < 4.78 is 38.8. The van der Waals surface area contributed by atoms with Crippen molar-refractivity contribution in [3.63, 3.8) is 0 Å². The molecule has 2 aliphatic heterocycles. The van der Waals surface area contributed by atoms with Gasteiger partial charge in [0.2, 0.25) is 5.91 Å². The molecule has 1 saturated heterocycles. The lowest BCUT2D eigenvalue weighted by Crippen LogP contribution is -2.50. The first-order chi connectivity index (χ1) is 13.9. The van der Waals surface area contributed by atoms with Crippen molar-refractivity contribution in [3.8, 4) is 0 Å². The second-order valence-corrected chi connectivity index (χ2v) is 7.65. The van der Waals surface area contributed by atoms with Gasteiger partial charge in [0, 0.05) is 45.0 Å². The average Bonchev–Trinajstić information content (AvgIpc) is 2.73. The van der Waals surface area contributed by atoms with E-state index in [0.717, 1.165) is 19.0 Å². The lowest BCUT2D eigenvalue weighted by Gasteiger charge is -2.37. The molecule has 4 nitrogen and oxygen atoms in total. The van der Waals surface area contributed by atoms with Gasteiger partial charge >= 0.3 is 6.18 Å². The molecule has 0 bridgehead atoms. The zero-order valence-electron chi connectivity index (χ0n) is 16.2. The minimum Gasteiger partial charge on any atom is -0.369 e. The minimum absolute atomic E-state index is 0.118. The van der Waals surface area contributed by atoms with E-state index in [-0.39, 0.29) is 5.91 Å². The van der Waals surface area contributed by atoms with Crippen LogP contribution in [-0.4, -0.2) is 55.0 Å². The normalized spacial score (nSPS) is 17.9. The third-order valence-corrected chi connectivity index (χ3v) is 5.75. The summed E-state index contributed by atoms with van der Waals surface area (Å²) in [7, 11) is 0. The highest BCUT2D eigenvalue weighted by molar-refractivity contribution is 5.78. The summed E-state index contributed by atoms with van der Waals surface area (Å²) in [5, 5.41) is 0. The fourth-order valence-corrected chi connectivity index (χ4v) is 4.04. The molecular formula is C22H24F3N3O. The molecule has 0 spiro atoms. The Bertz CT molecular complexity index is 876. The zero-order chi connectivity index (χ0) is 20.4. The molecule has 2 heterocycles. The number of amides is 1. The molecular weight excluding hydrogens is 379 g/mol. The van der Waals surface area contributed by atoms with Crippen molar-refractivity contribution in [3.05, 3.63) is 65.2 Å². The number of benzene rings is 2. The van der Waals surface area contributed by atoms with Gasteiger partial charge < -0.3 is 9.80 Å². The zero-order valence-corrected chi connectivity index (χ0v) is 16.2. The number of hydrogen-bond acceptors (Lipinski definition) is 3. The van der Waals surface area contributed by atoms with Gasteiger partial charge in [-0.2, -0.15) is 13.2 Å². The monoisotopic (exact) mass is 403 g/mol. The van der Waals surface area contributed by atoms with E-state index in [1.54, 1.807) is 6.07 Å². The molecule has 4 rings (SSSR count). The van der Waals surface area contributed by atoms with Crippen molar-refractivity contribution < 1.29 is 18.0 Å². The van der Waals surface area contributed by atoms with Gasteiger partial charge in [0.15, 0.2) is 0 Å². The van der Waals surface area contributed by atoms with E-state index in [9.17, 15) is 18.0 Å². The van der Waals surface area contributed by atoms with Gasteiger partial charge in [-0.25, -0.2) is 0 Å². The number of anilines is 1. The van der Waals surface area contributed by atoms with Gasteiger partial charge in [0.25, 0.3) is 0 Å². The standard InChI is InChI=1S/C22H24F3N3O/c23-22(24,25)19-6-3-7-20(14-19)27-12-10-26(11-13-27)16-21(29)28-9-8-17-4-1-2-5-18(17)15-28/h1-7,14H,8-13,15-16H2. The number of carbonyl (C=O) groups excluding carboxylic acids is 1. The molecule has 29 heavy (non-hydrogen) atoms. The smallest absolute Gasteiger partial charge is 0.369 e. The number of nitrogens with zero attached hydrogens (tertiary/aromatic N) is 3. The Morgan fingerprint density at radius 3 is 2.34 bits per heavy atom. The lowest BCUT2D eigenvalue weighted by molar-refractivity contribution is -0.137. The Hall–Kier alpha value is -2.54. The molecule has 1 amide bonds. The number of piperazine rings is 1. The van der Waals surface area contributed by atoms with E-state index in [1.807, 2.05) is 21.9 Å². The van der Waals surface area contributed by atoms with E-state index in [1.165, 1.54) is 23.3 Å². The average molecular weight is 403 g/mol. The first-order valence-electron chi connectivity index (χ1n) is 9.89. The van der Waals surface area contributed by atoms with Gasteiger partial charge in [0.1, 0.15) is 0 Å². The molecule has 2 aromatic rings. The highest BCUT2D eigenvalue weighted by Gasteiger charge is 2.31. The molecule has 0 radical (unpaired) electrons. The molecule has 7 heteroatoms. The third kappa shape index (κ3) is 4.56. The van der Waals surface area contributed by atoms with Gasteiger partial charge in [0.05, 0.1) is 12.1 Å². The number of carbonyl (C=O) groups is 1. The number of hydrogen-bond donors (Lipinski definition) is 0. The molecule has 2 aliphatic rings. The van der Waals surface area contributed by atoms with Crippen LogP contribution in [0.3, 0.4) is 0 Å². The van der Waals surface area contributed by atoms with Crippen molar-refractivity contribution in [1.82, 2.24) is 9.80 Å². The number of fused-ring (bicyclic) bond motifs is 1. The quantitative estimate of drug-likeness (QED) is 0.786. The fraction of sp³-hybridized carbons (Fsp3) is 0.409. The van der Waals surface area contributed by atoms with E-state index in [2.05, 4.69) is 17.0 Å². The predicted molar refractivity (Wildman–Crippen MR) is 106 cm³/mol. The number of rotatable bonds is 3. The fourth-order valence-electron chi connectivity index (χ4n) is 4.04. The van der Waals surface area contributed by atoms with Crippen LogP contribution in [-0.2, 0) is 23.9 Å². The van der Waals surface area contributed by atoms with Crippen LogP contribution in [0.15, 0.2) is 48.5 Å². The second kappa shape index (κ2) is 8.06. The molecule has 0 aliphatic carbocycles. The SMILES string of the molecule is O=C(CN1CCN(c2cccc(C(F)(F)F)c2)CC1)N1CCc2ccccc2C1. The molecule has 0 N–H and O–H groups in total. The van der Waals surface area contributed by atoms with Crippen LogP contribution >= 0.6 is 0 Å². The summed E-state index contributed by atoms with van der Waals surface area (Å²) >= 11 is 0. The molecule has 0 atom stereocenters. The summed E-state index contributed by atoms with van der Waals surface area (Å²) in [4.78, 5) is 18.7. The summed E-state index contributed by atoms with van der Waals surface area (Å²) in [5.74, 6) is 0.118. The van der Waals surface area contributed by atoms with Crippen LogP contribution in [0.5, 0.6) is 0 Å². The lowest BCUT2D eigenvalue weighted by atomic mass is 10.00. The Labute approximate surface area is 168 Å². The minimum atomic E-state index is -4.34. The maximum atomic E-state index is 12.9. The Morgan fingerprint density at radius 2 is 1.62 bits per heavy atom. The van der Waals surface area contributed by atoms with E-state index in [4.69, 9.17) is 0 Å². The summed E-state index contributed by atoms with van der Waals surface area (Å²) in [6, 6.07) is 13.7. The molecule has 1 fully saturated rings. The van der Waals surface area contributed by atoms with Crippen LogP contribution in [0.4, 0.5) is 18.9 Å². The maximum Gasteiger partial charge on any atom is 0.416 e.